The van der Waals surface area contributed by atoms with Crippen LogP contribution in [0.2, 0.25) is 0 Å². The summed E-state index contributed by atoms with van der Waals surface area (Å²) in [5, 5.41) is 0. The minimum absolute atomic E-state index is 0.117. The smallest absolute Gasteiger partial charge is 0.308 e. The summed E-state index contributed by atoms with van der Waals surface area (Å²) < 4.78 is 16.8. The summed E-state index contributed by atoms with van der Waals surface area (Å²) in [6, 6.07) is 0. The van der Waals surface area contributed by atoms with Gasteiger partial charge in [-0.25, -0.2) is 0 Å². The molecule has 4 heteroatoms. The normalized spacial score (nSPS) is 27.9. The van der Waals surface area contributed by atoms with E-state index in [0.29, 0.717) is 6.42 Å². The van der Waals surface area contributed by atoms with E-state index in [9.17, 15) is 4.79 Å². The molecule has 1 fully saturated rings. The number of hydrogen-bond donors (Lipinski definition) is 0. The molecule has 106 valence electrons. The average Bonchev–Trinajstić information content (AvgIpc) is 2.11. The third kappa shape index (κ3) is 5.36. The SMILES string of the molecule is CCC1CC(CC(=O)OC(C)(C)C)OC(C)(C)O1. The first-order chi connectivity index (χ1) is 8.11. The zero-order chi connectivity index (χ0) is 14.0. The molecule has 1 aliphatic heterocycles. The summed E-state index contributed by atoms with van der Waals surface area (Å²) in [6.07, 6.45) is 2.01. The van der Waals surface area contributed by atoms with Crippen molar-refractivity contribution in [1.82, 2.24) is 0 Å². The van der Waals surface area contributed by atoms with E-state index in [0.717, 1.165) is 12.8 Å². The molecule has 0 saturated carbocycles. The van der Waals surface area contributed by atoms with Crippen molar-refractivity contribution >= 4 is 5.97 Å². The second kappa shape index (κ2) is 5.57. The predicted octanol–water partition coefficient (Wildman–Crippen LogP) is 3.04. The zero-order valence-electron chi connectivity index (χ0n) is 12.4. The summed E-state index contributed by atoms with van der Waals surface area (Å²) in [7, 11) is 0. The van der Waals surface area contributed by atoms with Crippen LogP contribution in [-0.4, -0.2) is 29.6 Å². The van der Waals surface area contributed by atoms with E-state index in [4.69, 9.17) is 14.2 Å². The molecule has 2 atom stereocenters. The number of hydrogen-bond acceptors (Lipinski definition) is 4. The second-order valence-electron chi connectivity index (χ2n) is 6.31. The fraction of sp³-hybridized carbons (Fsp3) is 0.929. The number of ether oxygens (including phenoxy) is 3. The second-order valence-corrected chi connectivity index (χ2v) is 6.31. The average molecular weight is 258 g/mol. The van der Waals surface area contributed by atoms with E-state index in [-0.39, 0.29) is 18.2 Å². The standard InChI is InChI=1S/C14H26O4/c1-7-10-8-11(17-14(5,6)16-10)9-12(15)18-13(2,3)4/h10-11H,7-9H2,1-6H3. The molecule has 0 aliphatic carbocycles. The van der Waals surface area contributed by atoms with E-state index in [1.165, 1.54) is 0 Å². The van der Waals surface area contributed by atoms with E-state index < -0.39 is 11.4 Å². The third-order valence-electron chi connectivity index (χ3n) is 2.70. The molecule has 2 unspecified atom stereocenters. The van der Waals surface area contributed by atoms with Gasteiger partial charge in [-0.3, -0.25) is 4.79 Å². The highest BCUT2D eigenvalue weighted by molar-refractivity contribution is 5.70. The zero-order valence-corrected chi connectivity index (χ0v) is 12.4. The van der Waals surface area contributed by atoms with Crippen molar-refractivity contribution in [2.45, 2.75) is 84.4 Å². The molecule has 1 saturated heterocycles. The van der Waals surface area contributed by atoms with Gasteiger partial charge in [0, 0.05) is 6.42 Å². The van der Waals surface area contributed by atoms with Crippen molar-refractivity contribution in [1.29, 1.82) is 0 Å². The quantitative estimate of drug-likeness (QED) is 0.730. The highest BCUT2D eigenvalue weighted by Gasteiger charge is 2.36. The van der Waals surface area contributed by atoms with Crippen molar-refractivity contribution in [3.63, 3.8) is 0 Å². The van der Waals surface area contributed by atoms with Gasteiger partial charge >= 0.3 is 5.97 Å². The molecule has 0 amide bonds. The number of carbonyl (C=O) groups is 1. The summed E-state index contributed by atoms with van der Waals surface area (Å²) in [5.41, 5.74) is -0.443. The first-order valence-electron chi connectivity index (χ1n) is 6.69. The van der Waals surface area contributed by atoms with Gasteiger partial charge in [0.1, 0.15) is 5.60 Å². The van der Waals surface area contributed by atoms with Crippen molar-refractivity contribution in [2.75, 3.05) is 0 Å². The van der Waals surface area contributed by atoms with Crippen molar-refractivity contribution in [2.24, 2.45) is 0 Å². The van der Waals surface area contributed by atoms with Crippen LogP contribution in [0.5, 0.6) is 0 Å². The van der Waals surface area contributed by atoms with Crippen LogP contribution in [0.4, 0.5) is 0 Å². The minimum atomic E-state index is -0.619. The van der Waals surface area contributed by atoms with Crippen LogP contribution in [-0.2, 0) is 19.0 Å². The molecule has 0 aromatic rings. The Labute approximate surface area is 110 Å². The monoisotopic (exact) mass is 258 g/mol. The first kappa shape index (κ1) is 15.4. The maximum absolute atomic E-state index is 11.8. The summed E-state index contributed by atoms with van der Waals surface area (Å²) in [5.74, 6) is -0.828. The van der Waals surface area contributed by atoms with E-state index in [2.05, 4.69) is 6.92 Å². The molecular formula is C14H26O4. The van der Waals surface area contributed by atoms with Crippen molar-refractivity contribution in [3.8, 4) is 0 Å². The Balaban J connectivity index is 2.53. The van der Waals surface area contributed by atoms with Crippen LogP contribution in [0.15, 0.2) is 0 Å². The van der Waals surface area contributed by atoms with Gasteiger partial charge in [-0.2, -0.15) is 0 Å². The molecule has 0 N–H and O–H groups in total. The Kier molecular flexibility index (Phi) is 4.78. The predicted molar refractivity (Wildman–Crippen MR) is 69.2 cm³/mol. The van der Waals surface area contributed by atoms with E-state index in [1.54, 1.807) is 0 Å². The molecule has 0 spiro atoms. The summed E-state index contributed by atoms with van der Waals surface area (Å²) in [6.45, 7) is 11.5. The Bertz CT molecular complexity index is 291. The number of rotatable bonds is 3. The molecule has 0 aromatic heterocycles. The lowest BCUT2D eigenvalue weighted by Crippen LogP contribution is -2.45. The molecule has 1 aliphatic rings. The molecule has 1 heterocycles. The summed E-state index contributed by atoms with van der Waals surface area (Å²) >= 11 is 0. The highest BCUT2D eigenvalue weighted by atomic mass is 16.7. The molecule has 0 aromatic carbocycles. The van der Waals surface area contributed by atoms with E-state index in [1.807, 2.05) is 34.6 Å². The number of esters is 1. The van der Waals surface area contributed by atoms with Crippen LogP contribution >= 0.6 is 0 Å². The first-order valence-corrected chi connectivity index (χ1v) is 6.69. The summed E-state index contributed by atoms with van der Waals surface area (Å²) in [4.78, 5) is 11.8. The third-order valence-corrected chi connectivity index (χ3v) is 2.70. The molecule has 0 bridgehead atoms. The van der Waals surface area contributed by atoms with Gasteiger partial charge in [0.2, 0.25) is 0 Å². The lowest BCUT2D eigenvalue weighted by atomic mass is 10.0. The van der Waals surface area contributed by atoms with Gasteiger partial charge in [0.25, 0.3) is 0 Å². The largest absolute Gasteiger partial charge is 0.460 e. The Morgan fingerprint density at radius 1 is 1.28 bits per heavy atom. The van der Waals surface area contributed by atoms with Crippen molar-refractivity contribution < 1.29 is 19.0 Å². The van der Waals surface area contributed by atoms with Gasteiger partial charge in [0.15, 0.2) is 5.79 Å². The highest BCUT2D eigenvalue weighted by Crippen LogP contribution is 2.30. The van der Waals surface area contributed by atoms with Gasteiger partial charge in [0.05, 0.1) is 18.6 Å². The Morgan fingerprint density at radius 2 is 1.83 bits per heavy atom. The molecule has 4 nitrogen and oxygen atoms in total. The van der Waals surface area contributed by atoms with Crippen LogP contribution in [0.1, 0.15) is 60.8 Å². The Hall–Kier alpha value is -0.610. The van der Waals surface area contributed by atoms with E-state index >= 15 is 0 Å². The Morgan fingerprint density at radius 3 is 2.33 bits per heavy atom. The van der Waals surface area contributed by atoms with Crippen LogP contribution in [0, 0.1) is 0 Å². The molecular weight excluding hydrogens is 232 g/mol. The van der Waals surface area contributed by atoms with Gasteiger partial charge in [-0.1, -0.05) is 6.92 Å². The number of carbonyl (C=O) groups excluding carboxylic acids is 1. The van der Waals surface area contributed by atoms with Gasteiger partial charge < -0.3 is 14.2 Å². The van der Waals surface area contributed by atoms with Crippen LogP contribution < -0.4 is 0 Å². The maximum atomic E-state index is 11.8. The minimum Gasteiger partial charge on any atom is -0.460 e. The molecule has 18 heavy (non-hydrogen) atoms. The molecule has 0 radical (unpaired) electrons. The van der Waals surface area contributed by atoms with Gasteiger partial charge in [-0.05, 0) is 41.0 Å². The van der Waals surface area contributed by atoms with Gasteiger partial charge in [-0.15, -0.1) is 0 Å². The van der Waals surface area contributed by atoms with Crippen LogP contribution in [0.3, 0.4) is 0 Å². The fourth-order valence-corrected chi connectivity index (χ4v) is 2.16. The lowest BCUT2D eigenvalue weighted by Gasteiger charge is -2.40. The fourth-order valence-electron chi connectivity index (χ4n) is 2.16. The maximum Gasteiger partial charge on any atom is 0.308 e. The van der Waals surface area contributed by atoms with Crippen LogP contribution in [0.25, 0.3) is 0 Å². The topological polar surface area (TPSA) is 44.8 Å². The van der Waals surface area contributed by atoms with Crippen molar-refractivity contribution in [3.05, 3.63) is 0 Å². The molecule has 1 rings (SSSR count). The lowest BCUT2D eigenvalue weighted by molar-refractivity contribution is -0.300.